The molecule has 170 valence electrons. The molecule has 8 heteroatoms. The maximum absolute atomic E-state index is 11.9. The zero-order valence-electron chi connectivity index (χ0n) is 18.1. The summed E-state index contributed by atoms with van der Waals surface area (Å²) < 4.78 is 22.5. The van der Waals surface area contributed by atoms with Crippen molar-refractivity contribution in [2.75, 3.05) is 16.4 Å². The molecule has 2 aliphatic heterocycles. The number of benzene rings is 2. The number of hydrogen-bond donors (Lipinski definition) is 3. The fraction of sp³-hybridized carbons (Fsp3) is 0.417. The molecule has 2 aromatic carbocycles. The van der Waals surface area contributed by atoms with Gasteiger partial charge in [-0.15, -0.1) is 0 Å². The molecule has 0 radical (unpaired) electrons. The summed E-state index contributed by atoms with van der Waals surface area (Å²) >= 11 is 0. The lowest BCUT2D eigenvalue weighted by molar-refractivity contribution is 0.198. The molecule has 3 aromatic rings. The molecule has 32 heavy (non-hydrogen) atoms. The van der Waals surface area contributed by atoms with Crippen molar-refractivity contribution >= 4 is 33.4 Å². The van der Waals surface area contributed by atoms with Crippen molar-refractivity contribution in [2.24, 2.45) is 0 Å². The molecule has 1 aromatic heterocycles. The summed E-state index contributed by atoms with van der Waals surface area (Å²) in [5.74, 6) is 1.78. The number of hydrogen-bond acceptors (Lipinski definition) is 4. The van der Waals surface area contributed by atoms with E-state index in [2.05, 4.69) is 16.7 Å². The fourth-order valence-corrected chi connectivity index (χ4v) is 6.71. The van der Waals surface area contributed by atoms with E-state index in [1.54, 1.807) is 0 Å². The minimum absolute atomic E-state index is 0.0631. The molecular weight excluding hydrogens is 426 g/mol. The van der Waals surface area contributed by atoms with Crippen molar-refractivity contribution in [1.82, 2.24) is 9.55 Å². The highest BCUT2D eigenvalue weighted by atomic mass is 32.3. The largest absolute Gasteiger partial charge is 0.465 e. The number of carboxylic acid groups (broad SMARTS) is 1. The summed E-state index contributed by atoms with van der Waals surface area (Å²) in [5.41, 5.74) is 4.79. The molecule has 2 aliphatic rings. The van der Waals surface area contributed by atoms with Gasteiger partial charge in [0.1, 0.15) is 5.82 Å². The molecule has 1 atom stereocenters. The van der Waals surface area contributed by atoms with Crippen LogP contribution in [0.4, 0.5) is 10.5 Å². The van der Waals surface area contributed by atoms with Crippen LogP contribution >= 0.6 is 10.6 Å². The Morgan fingerprint density at radius 3 is 2.50 bits per heavy atom. The SMILES string of the molecule is CC1CCc2c(ccc3c2nc(Cc2ccccc2)n3C2CCS(O)(O)CC2)N1C(=O)O. The normalized spacial score (nSPS) is 22.0. The van der Waals surface area contributed by atoms with Crippen LogP contribution < -0.4 is 4.90 Å². The topological polar surface area (TPSA) is 98.8 Å². The minimum atomic E-state index is -2.47. The molecule has 1 saturated heterocycles. The first-order chi connectivity index (χ1) is 15.3. The highest BCUT2D eigenvalue weighted by Crippen LogP contribution is 2.48. The van der Waals surface area contributed by atoms with E-state index in [-0.39, 0.29) is 12.1 Å². The Morgan fingerprint density at radius 1 is 1.09 bits per heavy atom. The third-order valence-corrected chi connectivity index (χ3v) is 8.64. The monoisotopic (exact) mass is 455 g/mol. The summed E-state index contributed by atoms with van der Waals surface area (Å²) in [4.78, 5) is 18.5. The number of carbonyl (C=O) groups is 1. The predicted octanol–water partition coefficient (Wildman–Crippen LogP) is 5.53. The summed E-state index contributed by atoms with van der Waals surface area (Å²) in [6.45, 7) is 1.95. The van der Waals surface area contributed by atoms with Gasteiger partial charge in [-0.25, -0.2) is 9.78 Å². The predicted molar refractivity (Wildman–Crippen MR) is 128 cm³/mol. The number of rotatable bonds is 3. The van der Waals surface area contributed by atoms with E-state index in [4.69, 9.17) is 4.98 Å². The first-order valence-electron chi connectivity index (χ1n) is 11.2. The van der Waals surface area contributed by atoms with Crippen LogP contribution in [0.15, 0.2) is 42.5 Å². The average Bonchev–Trinajstić information content (AvgIpc) is 3.12. The Morgan fingerprint density at radius 2 is 1.81 bits per heavy atom. The van der Waals surface area contributed by atoms with Crippen LogP contribution in [0, 0.1) is 0 Å². The van der Waals surface area contributed by atoms with Gasteiger partial charge in [0.05, 0.1) is 16.7 Å². The van der Waals surface area contributed by atoms with Gasteiger partial charge in [0.25, 0.3) is 0 Å². The van der Waals surface area contributed by atoms with E-state index in [0.29, 0.717) is 30.8 Å². The summed E-state index contributed by atoms with van der Waals surface area (Å²) in [5, 5.41) is 9.79. The third-order valence-electron chi connectivity index (χ3n) is 6.86. The summed E-state index contributed by atoms with van der Waals surface area (Å²) in [6.07, 6.45) is 2.71. The lowest BCUT2D eigenvalue weighted by atomic mass is 9.95. The Labute approximate surface area is 189 Å². The second-order valence-electron chi connectivity index (χ2n) is 8.97. The Kier molecular flexibility index (Phi) is 5.39. The molecule has 0 saturated carbocycles. The van der Waals surface area contributed by atoms with Crippen LogP contribution in [0.3, 0.4) is 0 Å². The standard InChI is InChI=1S/C24H29N3O4S/c1-16-7-8-19-20(26(16)24(28)29)9-10-21-23(19)25-22(15-17-5-3-2-4-6-17)27(21)18-11-13-32(30,31)14-12-18/h2-6,9-10,16,18,30-31H,7-8,11-15H2,1H3,(H,28,29). The van der Waals surface area contributed by atoms with Crippen LogP contribution in [-0.4, -0.2) is 47.4 Å². The molecule has 0 spiro atoms. The van der Waals surface area contributed by atoms with Gasteiger partial charge in [0, 0.05) is 35.6 Å². The van der Waals surface area contributed by atoms with Crippen molar-refractivity contribution < 1.29 is 19.0 Å². The molecule has 3 heterocycles. The highest BCUT2D eigenvalue weighted by molar-refractivity contribution is 8.24. The van der Waals surface area contributed by atoms with E-state index < -0.39 is 16.7 Å². The van der Waals surface area contributed by atoms with Crippen molar-refractivity contribution in [3.8, 4) is 0 Å². The van der Waals surface area contributed by atoms with Crippen LogP contribution in [0.2, 0.25) is 0 Å². The number of aryl methyl sites for hydroxylation is 1. The van der Waals surface area contributed by atoms with E-state index in [1.165, 1.54) is 10.5 Å². The quantitative estimate of drug-likeness (QED) is 0.482. The second-order valence-corrected chi connectivity index (χ2v) is 11.4. The summed E-state index contributed by atoms with van der Waals surface area (Å²) in [7, 11) is -2.47. The van der Waals surface area contributed by atoms with Crippen LogP contribution in [0.5, 0.6) is 0 Å². The number of fused-ring (bicyclic) bond motifs is 3. The van der Waals surface area contributed by atoms with E-state index >= 15 is 0 Å². The van der Waals surface area contributed by atoms with Gasteiger partial charge in [-0.1, -0.05) is 30.3 Å². The number of anilines is 1. The molecule has 3 N–H and O–H groups in total. The van der Waals surface area contributed by atoms with Gasteiger partial charge in [-0.05, 0) is 50.3 Å². The van der Waals surface area contributed by atoms with Crippen molar-refractivity contribution in [1.29, 1.82) is 0 Å². The Balaban J connectivity index is 1.64. The Hall–Kier alpha value is -2.55. The zero-order valence-corrected chi connectivity index (χ0v) is 19.0. The molecule has 1 unspecified atom stereocenters. The molecule has 5 rings (SSSR count). The Bertz CT molecular complexity index is 1150. The number of imidazole rings is 1. The minimum Gasteiger partial charge on any atom is -0.465 e. The van der Waals surface area contributed by atoms with E-state index in [1.807, 2.05) is 37.3 Å². The van der Waals surface area contributed by atoms with Gasteiger partial charge < -0.3 is 9.67 Å². The van der Waals surface area contributed by atoms with Gasteiger partial charge >= 0.3 is 6.09 Å². The maximum Gasteiger partial charge on any atom is 0.412 e. The average molecular weight is 456 g/mol. The van der Waals surface area contributed by atoms with Crippen LogP contribution in [0.1, 0.15) is 49.2 Å². The van der Waals surface area contributed by atoms with Gasteiger partial charge in [-0.2, -0.15) is 10.6 Å². The van der Waals surface area contributed by atoms with Crippen molar-refractivity contribution in [2.45, 2.75) is 51.1 Å². The number of nitrogens with zero attached hydrogens (tertiary/aromatic N) is 3. The first kappa shape index (κ1) is 21.3. The van der Waals surface area contributed by atoms with Gasteiger partial charge in [-0.3, -0.25) is 14.0 Å². The van der Waals surface area contributed by atoms with Crippen molar-refractivity contribution in [3.63, 3.8) is 0 Å². The van der Waals surface area contributed by atoms with E-state index in [9.17, 15) is 19.0 Å². The third kappa shape index (κ3) is 3.76. The first-order valence-corrected chi connectivity index (χ1v) is 13.0. The zero-order chi connectivity index (χ0) is 22.5. The molecule has 1 amide bonds. The lowest BCUT2D eigenvalue weighted by Gasteiger charge is -2.40. The molecule has 0 bridgehead atoms. The van der Waals surface area contributed by atoms with Crippen LogP contribution in [-0.2, 0) is 12.8 Å². The number of aromatic nitrogens is 2. The van der Waals surface area contributed by atoms with Crippen molar-refractivity contribution in [3.05, 3.63) is 59.4 Å². The lowest BCUT2D eigenvalue weighted by Crippen LogP contribution is -2.41. The smallest absolute Gasteiger partial charge is 0.412 e. The molecule has 1 fully saturated rings. The molecule has 0 aliphatic carbocycles. The fourth-order valence-electron chi connectivity index (χ4n) is 5.20. The maximum atomic E-state index is 11.9. The summed E-state index contributed by atoms with van der Waals surface area (Å²) in [6, 6.07) is 14.2. The number of amides is 1. The molecule has 7 nitrogen and oxygen atoms in total. The van der Waals surface area contributed by atoms with E-state index in [0.717, 1.165) is 41.0 Å². The van der Waals surface area contributed by atoms with Crippen LogP contribution in [0.25, 0.3) is 11.0 Å². The van der Waals surface area contributed by atoms with Gasteiger partial charge in [0.2, 0.25) is 0 Å². The molecular formula is C24H29N3O4S. The van der Waals surface area contributed by atoms with Gasteiger partial charge in [0.15, 0.2) is 0 Å². The highest BCUT2D eigenvalue weighted by Gasteiger charge is 2.33. The second kappa shape index (κ2) is 8.10.